The number of carbonyl (C=O) groups excluding carboxylic acids is 1. The van der Waals surface area contributed by atoms with Gasteiger partial charge in [0.25, 0.3) is 0 Å². The topological polar surface area (TPSA) is 42.0 Å². The first kappa shape index (κ1) is 26.3. The van der Waals surface area contributed by atoms with Gasteiger partial charge in [-0.1, -0.05) is 18.7 Å². The van der Waals surface area contributed by atoms with Crippen molar-refractivity contribution >= 4 is 25.3 Å². The van der Waals surface area contributed by atoms with Gasteiger partial charge >= 0.3 is 0 Å². The van der Waals surface area contributed by atoms with Crippen LogP contribution in [0.1, 0.15) is 75.2 Å². The van der Waals surface area contributed by atoms with Crippen LogP contribution in [0.2, 0.25) is 0 Å². The van der Waals surface area contributed by atoms with E-state index in [1.54, 1.807) is 0 Å². The van der Waals surface area contributed by atoms with E-state index in [2.05, 4.69) is 64.7 Å². The number of carbonyl (C=O) groups is 1. The second kappa shape index (κ2) is 14.3. The Kier molecular flexibility index (Phi) is 14.5. The molecule has 0 N–H and O–H groups in total. The number of hydrogen-bond donors (Lipinski definition) is 0. The summed E-state index contributed by atoms with van der Waals surface area (Å²) in [7, 11) is -0.900. The highest BCUT2D eigenvalue weighted by Gasteiger charge is 2.34. The van der Waals surface area contributed by atoms with Crippen LogP contribution in [0.5, 0.6) is 0 Å². The Bertz CT molecular complexity index is 346. The molecule has 0 aliphatic carbocycles. The average Bonchev–Trinajstić information content (AvgIpc) is 2.51. The Hall–Kier alpha value is 0.290. The van der Waals surface area contributed by atoms with Crippen molar-refractivity contribution in [3.63, 3.8) is 0 Å². The molecule has 0 radical (unpaired) electrons. The second-order valence-electron chi connectivity index (χ2n) is 7.47. The van der Waals surface area contributed by atoms with E-state index in [1.165, 1.54) is 11.8 Å². The van der Waals surface area contributed by atoms with Gasteiger partial charge in [0, 0.05) is 36.3 Å². The fourth-order valence-corrected chi connectivity index (χ4v) is 5.78. The highest BCUT2D eigenvalue weighted by Crippen LogP contribution is 2.50. The summed E-state index contributed by atoms with van der Waals surface area (Å²) in [5.74, 6) is 0.815. The zero-order valence-electron chi connectivity index (χ0n) is 18.3. The number of thioether (sulfide) groups is 1. The molecular weight excluding hydrogens is 367 g/mol. The molecule has 0 aliphatic heterocycles. The SMILES string of the molecule is CCC(=O)SCCCOCOP(N(C(C)C)C(C)C)N(C(C)C)C(C)C. The molecular formula is C19H41N2O3PS. The van der Waals surface area contributed by atoms with E-state index in [9.17, 15) is 4.79 Å². The lowest BCUT2D eigenvalue weighted by atomic mass is 10.3. The van der Waals surface area contributed by atoms with Gasteiger partial charge < -0.3 is 9.26 Å². The molecule has 0 aromatic heterocycles. The zero-order valence-corrected chi connectivity index (χ0v) is 20.0. The Morgan fingerprint density at radius 1 is 0.923 bits per heavy atom. The Labute approximate surface area is 167 Å². The van der Waals surface area contributed by atoms with Crippen molar-refractivity contribution in [2.24, 2.45) is 0 Å². The molecule has 0 amide bonds. The summed E-state index contributed by atoms with van der Waals surface area (Å²) < 4.78 is 16.9. The van der Waals surface area contributed by atoms with E-state index in [-0.39, 0.29) is 5.12 Å². The summed E-state index contributed by atoms with van der Waals surface area (Å²) in [5.41, 5.74) is 0. The molecule has 5 nitrogen and oxygen atoms in total. The van der Waals surface area contributed by atoms with E-state index in [0.29, 0.717) is 44.0 Å². The average molecular weight is 409 g/mol. The molecule has 0 unspecified atom stereocenters. The first-order chi connectivity index (χ1) is 12.1. The maximum Gasteiger partial charge on any atom is 0.191 e. The normalized spacial score (nSPS) is 12.8. The third-order valence-corrected chi connectivity index (χ3v) is 7.83. The lowest BCUT2D eigenvalue weighted by molar-refractivity contribution is -0.110. The van der Waals surface area contributed by atoms with Gasteiger partial charge in [0.1, 0.15) is 0 Å². The highest BCUT2D eigenvalue weighted by molar-refractivity contribution is 8.13. The maximum atomic E-state index is 11.3. The van der Waals surface area contributed by atoms with Gasteiger partial charge in [0.2, 0.25) is 0 Å². The molecule has 0 spiro atoms. The van der Waals surface area contributed by atoms with Gasteiger partial charge in [0.05, 0.1) is 6.61 Å². The molecule has 0 rings (SSSR count). The highest BCUT2D eigenvalue weighted by atomic mass is 32.2. The van der Waals surface area contributed by atoms with Crippen molar-refractivity contribution in [1.29, 1.82) is 0 Å². The summed E-state index contributed by atoms with van der Waals surface area (Å²) in [6, 6.07) is 1.60. The molecule has 0 aromatic carbocycles. The Balaban J connectivity index is 4.70. The van der Waals surface area contributed by atoms with Crippen LogP contribution in [0, 0.1) is 0 Å². The maximum absolute atomic E-state index is 11.3. The monoisotopic (exact) mass is 408 g/mol. The summed E-state index contributed by atoms with van der Waals surface area (Å²) in [6.45, 7) is 20.6. The quantitative estimate of drug-likeness (QED) is 0.215. The smallest absolute Gasteiger partial charge is 0.191 e. The molecule has 26 heavy (non-hydrogen) atoms. The standard InChI is InChI=1S/C19H41N2O3PS/c1-10-19(22)26-13-11-12-23-14-24-25(20(15(2)3)16(4)5)21(17(6)7)18(8)9/h15-18H,10-14H2,1-9H3. The summed E-state index contributed by atoms with van der Waals surface area (Å²) >= 11 is 1.39. The predicted molar refractivity (Wildman–Crippen MR) is 115 cm³/mol. The summed E-state index contributed by atoms with van der Waals surface area (Å²) in [4.78, 5) is 11.3. The van der Waals surface area contributed by atoms with Crippen molar-refractivity contribution in [3.05, 3.63) is 0 Å². The van der Waals surface area contributed by atoms with Crippen molar-refractivity contribution in [3.8, 4) is 0 Å². The Morgan fingerprint density at radius 3 is 1.77 bits per heavy atom. The van der Waals surface area contributed by atoms with E-state index in [4.69, 9.17) is 9.26 Å². The molecule has 7 heteroatoms. The van der Waals surface area contributed by atoms with Crippen LogP contribution in [0.3, 0.4) is 0 Å². The summed E-state index contributed by atoms with van der Waals surface area (Å²) in [5, 5.41) is 0.249. The second-order valence-corrected chi connectivity index (χ2v) is 10.3. The van der Waals surface area contributed by atoms with Crippen LogP contribution in [-0.2, 0) is 14.1 Å². The molecule has 0 aromatic rings. The van der Waals surface area contributed by atoms with Crippen LogP contribution < -0.4 is 0 Å². The van der Waals surface area contributed by atoms with E-state index in [1.807, 2.05) is 6.92 Å². The molecule has 0 saturated heterocycles. The fourth-order valence-electron chi connectivity index (χ4n) is 2.83. The van der Waals surface area contributed by atoms with E-state index < -0.39 is 8.45 Å². The van der Waals surface area contributed by atoms with Crippen molar-refractivity contribution in [2.75, 3.05) is 19.2 Å². The number of hydrogen-bond acceptors (Lipinski definition) is 6. The molecule has 0 atom stereocenters. The van der Waals surface area contributed by atoms with Crippen LogP contribution in [-0.4, -0.2) is 57.8 Å². The minimum atomic E-state index is -0.900. The van der Waals surface area contributed by atoms with Crippen molar-refractivity contribution < 1.29 is 14.1 Å². The number of rotatable bonds is 14. The van der Waals surface area contributed by atoms with Crippen molar-refractivity contribution in [1.82, 2.24) is 9.34 Å². The molecule has 0 fully saturated rings. The van der Waals surface area contributed by atoms with Crippen LogP contribution in [0.15, 0.2) is 0 Å². The fraction of sp³-hybridized carbons (Fsp3) is 0.947. The van der Waals surface area contributed by atoms with Gasteiger partial charge in [-0.15, -0.1) is 0 Å². The molecule has 0 aliphatic rings. The lowest BCUT2D eigenvalue weighted by Crippen LogP contribution is -2.43. The van der Waals surface area contributed by atoms with Gasteiger partial charge in [-0.25, -0.2) is 9.34 Å². The van der Waals surface area contributed by atoms with E-state index >= 15 is 0 Å². The zero-order chi connectivity index (χ0) is 20.3. The van der Waals surface area contributed by atoms with Gasteiger partial charge in [0.15, 0.2) is 20.4 Å². The first-order valence-corrected chi connectivity index (χ1v) is 12.0. The van der Waals surface area contributed by atoms with Crippen LogP contribution in [0.25, 0.3) is 0 Å². The first-order valence-electron chi connectivity index (χ1n) is 9.86. The molecule has 156 valence electrons. The van der Waals surface area contributed by atoms with Crippen molar-refractivity contribution in [2.45, 2.75) is 99.3 Å². The minimum Gasteiger partial charge on any atom is -0.355 e. The molecule has 0 bridgehead atoms. The van der Waals surface area contributed by atoms with Gasteiger partial charge in [-0.2, -0.15) is 0 Å². The van der Waals surface area contributed by atoms with Gasteiger partial charge in [-0.05, 0) is 61.8 Å². The van der Waals surface area contributed by atoms with E-state index in [0.717, 1.165) is 12.2 Å². The minimum absolute atomic E-state index is 0.249. The van der Waals surface area contributed by atoms with Crippen LogP contribution >= 0.6 is 20.2 Å². The van der Waals surface area contributed by atoms with Crippen LogP contribution in [0.4, 0.5) is 0 Å². The predicted octanol–water partition coefficient (Wildman–Crippen LogP) is 5.50. The third-order valence-electron chi connectivity index (χ3n) is 3.75. The third kappa shape index (κ3) is 10.0. The molecule has 0 heterocycles. The number of nitrogens with zero attached hydrogens (tertiary/aromatic N) is 2. The van der Waals surface area contributed by atoms with Gasteiger partial charge in [-0.3, -0.25) is 4.79 Å². The number of ether oxygens (including phenoxy) is 1. The Morgan fingerprint density at radius 2 is 1.38 bits per heavy atom. The largest absolute Gasteiger partial charge is 0.355 e. The molecule has 0 saturated carbocycles. The lowest BCUT2D eigenvalue weighted by Gasteiger charge is -2.45. The summed E-state index contributed by atoms with van der Waals surface area (Å²) in [6.07, 6.45) is 1.47.